The van der Waals surface area contributed by atoms with Crippen LogP contribution in [-0.2, 0) is 16.4 Å². The van der Waals surface area contributed by atoms with Crippen molar-refractivity contribution in [3.63, 3.8) is 0 Å². The Morgan fingerprint density at radius 1 is 1.03 bits per heavy atom. The highest BCUT2D eigenvalue weighted by Crippen LogP contribution is 2.37. The first-order chi connectivity index (χ1) is 14.9. The monoisotopic (exact) mass is 450 g/mol. The normalized spacial score (nSPS) is 15.8. The molecule has 4 aromatic rings. The lowest BCUT2D eigenvalue weighted by atomic mass is 10.0. The number of benzene rings is 3. The number of fused-ring (bicyclic) bond motifs is 2. The van der Waals surface area contributed by atoms with Crippen LogP contribution in [-0.4, -0.2) is 30.6 Å². The summed E-state index contributed by atoms with van der Waals surface area (Å²) in [6.07, 6.45) is 0.638. The second-order valence-electron chi connectivity index (χ2n) is 7.34. The predicted molar refractivity (Wildman–Crippen MR) is 121 cm³/mol. The van der Waals surface area contributed by atoms with E-state index < -0.39 is 10.0 Å². The van der Waals surface area contributed by atoms with Gasteiger partial charge in [0.2, 0.25) is 5.13 Å². The summed E-state index contributed by atoms with van der Waals surface area (Å²) in [6, 6.07) is 20.2. The molecule has 0 radical (unpaired) electrons. The largest absolute Gasteiger partial charge is 0.296 e. The molecule has 0 unspecified atom stereocenters. The maximum atomic E-state index is 13.3. The molecular weight excluding hydrogens is 432 g/mol. The minimum Gasteiger partial charge on any atom is -0.296 e. The summed E-state index contributed by atoms with van der Waals surface area (Å²) < 4.78 is 27.8. The van der Waals surface area contributed by atoms with E-state index in [0.717, 1.165) is 27.7 Å². The molecule has 2 heterocycles. The highest BCUT2D eigenvalue weighted by Gasteiger charge is 2.38. The van der Waals surface area contributed by atoms with Gasteiger partial charge in [-0.25, -0.2) is 0 Å². The number of hydrogen-bond donors (Lipinski definition) is 1. The quantitative estimate of drug-likeness (QED) is 0.473. The van der Waals surface area contributed by atoms with Gasteiger partial charge in [-0.1, -0.05) is 65.9 Å². The molecule has 1 atom stereocenters. The molecule has 7 nitrogen and oxygen atoms in total. The number of hydrogen-bond acceptors (Lipinski definition) is 6. The number of nitrogens with zero attached hydrogens (tertiary/aromatic N) is 3. The van der Waals surface area contributed by atoms with Gasteiger partial charge in [-0.15, -0.1) is 10.2 Å². The average molecular weight is 451 g/mol. The van der Waals surface area contributed by atoms with Crippen LogP contribution in [0.3, 0.4) is 0 Å². The third-order valence-electron chi connectivity index (χ3n) is 5.29. The van der Waals surface area contributed by atoms with E-state index in [-0.39, 0.29) is 21.4 Å². The molecule has 9 heteroatoms. The Morgan fingerprint density at radius 3 is 2.65 bits per heavy atom. The van der Waals surface area contributed by atoms with Crippen molar-refractivity contribution in [3.8, 4) is 0 Å². The number of anilines is 2. The van der Waals surface area contributed by atoms with Crippen molar-refractivity contribution in [3.05, 3.63) is 77.9 Å². The van der Waals surface area contributed by atoms with Crippen molar-refractivity contribution in [2.45, 2.75) is 23.7 Å². The van der Waals surface area contributed by atoms with Crippen molar-refractivity contribution in [2.24, 2.45) is 0 Å². The number of carbonyl (C=O) groups is 1. The molecule has 0 spiro atoms. The van der Waals surface area contributed by atoms with E-state index in [1.807, 2.05) is 55.5 Å². The third kappa shape index (κ3) is 3.35. The third-order valence-corrected chi connectivity index (χ3v) is 8.40. The molecule has 0 fully saturated rings. The van der Waals surface area contributed by atoms with Crippen molar-refractivity contribution < 1.29 is 13.2 Å². The van der Waals surface area contributed by atoms with Crippen LogP contribution in [0.1, 0.15) is 22.8 Å². The smallest absolute Gasteiger partial charge is 0.293 e. The van der Waals surface area contributed by atoms with Gasteiger partial charge in [0.05, 0.1) is 5.69 Å². The topological polar surface area (TPSA) is 92.3 Å². The van der Waals surface area contributed by atoms with Gasteiger partial charge in [-0.2, -0.15) is 8.42 Å². The van der Waals surface area contributed by atoms with Crippen molar-refractivity contribution in [1.29, 1.82) is 0 Å². The maximum absolute atomic E-state index is 13.3. The average Bonchev–Trinajstić information content (AvgIpc) is 3.37. The SMILES string of the molecule is C[C@@H]1Cc2ccccc2N1S(=O)(=O)c1nnc(NC(=O)c2cccc3ccccc23)s1. The fourth-order valence-electron chi connectivity index (χ4n) is 3.94. The Hall–Kier alpha value is -3.30. The molecule has 5 rings (SSSR count). The van der Waals surface area contributed by atoms with Crippen LogP contribution >= 0.6 is 11.3 Å². The molecule has 1 aromatic heterocycles. The van der Waals surface area contributed by atoms with Crippen LogP contribution < -0.4 is 9.62 Å². The van der Waals surface area contributed by atoms with Gasteiger partial charge in [0.1, 0.15) is 0 Å². The maximum Gasteiger partial charge on any atom is 0.293 e. The lowest BCUT2D eigenvalue weighted by Crippen LogP contribution is -2.35. The molecular formula is C22H18N4O3S2. The predicted octanol–water partition coefficient (Wildman–Crippen LogP) is 4.08. The summed E-state index contributed by atoms with van der Waals surface area (Å²) in [5, 5.41) is 12.4. The Morgan fingerprint density at radius 2 is 1.77 bits per heavy atom. The zero-order valence-corrected chi connectivity index (χ0v) is 18.2. The first-order valence-electron chi connectivity index (χ1n) is 9.70. The van der Waals surface area contributed by atoms with Crippen LogP contribution in [0.25, 0.3) is 10.8 Å². The summed E-state index contributed by atoms with van der Waals surface area (Å²) in [5.74, 6) is -0.364. The molecule has 1 aliphatic rings. The Balaban J connectivity index is 1.43. The van der Waals surface area contributed by atoms with E-state index in [2.05, 4.69) is 15.5 Å². The molecule has 0 saturated heterocycles. The van der Waals surface area contributed by atoms with Gasteiger partial charge in [0.25, 0.3) is 20.3 Å². The highest BCUT2D eigenvalue weighted by molar-refractivity contribution is 7.94. The number of sulfonamides is 1. The second-order valence-corrected chi connectivity index (χ2v) is 10.3. The van der Waals surface area contributed by atoms with Crippen LogP contribution in [0, 0.1) is 0 Å². The van der Waals surface area contributed by atoms with Gasteiger partial charge in [0.15, 0.2) is 0 Å². The van der Waals surface area contributed by atoms with Crippen molar-refractivity contribution in [2.75, 3.05) is 9.62 Å². The molecule has 3 aromatic carbocycles. The minimum absolute atomic E-state index is 0.136. The Bertz CT molecular complexity index is 1410. The summed E-state index contributed by atoms with van der Waals surface area (Å²) in [6.45, 7) is 1.86. The van der Waals surface area contributed by atoms with E-state index >= 15 is 0 Å². The van der Waals surface area contributed by atoms with E-state index in [9.17, 15) is 13.2 Å². The fraction of sp³-hybridized carbons (Fsp3) is 0.136. The zero-order valence-electron chi connectivity index (χ0n) is 16.5. The number of amides is 1. The van der Waals surface area contributed by atoms with E-state index in [1.165, 1.54) is 4.31 Å². The summed E-state index contributed by atoms with van der Waals surface area (Å²) >= 11 is 0.848. The molecule has 1 N–H and O–H groups in total. The molecule has 0 aliphatic carbocycles. The highest BCUT2D eigenvalue weighted by atomic mass is 32.2. The number of aromatic nitrogens is 2. The molecule has 31 heavy (non-hydrogen) atoms. The second kappa shape index (κ2) is 7.44. The molecule has 1 amide bonds. The van der Waals surface area contributed by atoms with Gasteiger partial charge in [-0.3, -0.25) is 14.4 Å². The summed E-state index contributed by atoms with van der Waals surface area (Å²) in [7, 11) is -3.89. The number of para-hydroxylation sites is 1. The van der Waals surface area contributed by atoms with Crippen molar-refractivity contribution >= 4 is 48.9 Å². The molecule has 0 bridgehead atoms. The first kappa shape index (κ1) is 19.7. The van der Waals surface area contributed by atoms with E-state index in [4.69, 9.17) is 0 Å². The number of nitrogens with one attached hydrogen (secondary N) is 1. The Labute approximate surface area is 183 Å². The molecule has 1 aliphatic heterocycles. The molecule has 0 saturated carbocycles. The number of carbonyl (C=O) groups excluding carboxylic acids is 1. The Kier molecular flexibility index (Phi) is 4.71. The lowest BCUT2D eigenvalue weighted by molar-refractivity contribution is 0.102. The van der Waals surface area contributed by atoms with Crippen molar-refractivity contribution in [1.82, 2.24) is 10.2 Å². The van der Waals surface area contributed by atoms with Crippen LogP contribution in [0.4, 0.5) is 10.8 Å². The summed E-state index contributed by atoms with van der Waals surface area (Å²) in [5.41, 5.74) is 2.12. The zero-order chi connectivity index (χ0) is 21.6. The van der Waals surface area contributed by atoms with Gasteiger partial charge >= 0.3 is 0 Å². The minimum atomic E-state index is -3.89. The van der Waals surface area contributed by atoms with E-state index in [1.54, 1.807) is 18.2 Å². The number of rotatable bonds is 4. The van der Waals surface area contributed by atoms with Gasteiger partial charge < -0.3 is 0 Å². The van der Waals surface area contributed by atoms with Crippen LogP contribution in [0.2, 0.25) is 0 Å². The van der Waals surface area contributed by atoms with E-state index in [0.29, 0.717) is 17.7 Å². The van der Waals surface area contributed by atoms with Gasteiger partial charge in [0, 0.05) is 11.6 Å². The van der Waals surface area contributed by atoms with Gasteiger partial charge in [-0.05, 0) is 41.8 Å². The van der Waals surface area contributed by atoms with Crippen LogP contribution in [0.5, 0.6) is 0 Å². The summed E-state index contributed by atoms with van der Waals surface area (Å²) in [4.78, 5) is 12.8. The standard InChI is InChI=1S/C22H18N4O3S2/c1-14-13-16-8-3-5-12-19(16)26(14)31(28,29)22-25-24-21(30-22)23-20(27)18-11-6-9-15-7-2-4-10-17(15)18/h2-12,14H,13H2,1H3,(H,23,24,27)/t14-/m1/s1. The molecule has 156 valence electrons. The first-order valence-corrected chi connectivity index (χ1v) is 12.0. The fourth-order valence-corrected chi connectivity index (χ4v) is 6.61. The lowest BCUT2D eigenvalue weighted by Gasteiger charge is -2.22. The van der Waals surface area contributed by atoms with Crippen LogP contribution in [0.15, 0.2) is 71.1 Å².